The number of furan rings is 1. The molecule has 0 aliphatic carbocycles. The number of amides is 1. The highest BCUT2D eigenvalue weighted by molar-refractivity contribution is 5.78. The van der Waals surface area contributed by atoms with Gasteiger partial charge >= 0.3 is 0 Å². The van der Waals surface area contributed by atoms with Crippen molar-refractivity contribution < 1.29 is 9.21 Å². The zero-order chi connectivity index (χ0) is 14.2. The van der Waals surface area contributed by atoms with E-state index in [1.165, 1.54) is 0 Å². The Bertz CT molecular complexity index is 535. The van der Waals surface area contributed by atoms with Gasteiger partial charge in [-0.25, -0.2) is 0 Å². The van der Waals surface area contributed by atoms with Gasteiger partial charge in [-0.2, -0.15) is 0 Å². The largest absolute Gasteiger partial charge is 0.467 e. The molecule has 20 heavy (non-hydrogen) atoms. The molecule has 0 bridgehead atoms. The number of hydrogen-bond donors (Lipinski definition) is 2. The Kier molecular flexibility index (Phi) is 5.15. The zero-order valence-corrected chi connectivity index (χ0v) is 11.2. The Morgan fingerprint density at radius 1 is 1.25 bits per heavy atom. The topological polar surface area (TPSA) is 54.3 Å². The van der Waals surface area contributed by atoms with Gasteiger partial charge < -0.3 is 15.1 Å². The molecular weight excluding hydrogens is 252 g/mol. The van der Waals surface area contributed by atoms with Gasteiger partial charge in [-0.05, 0) is 17.7 Å². The molecule has 1 heterocycles. The fraction of sp³-hybridized carbons (Fsp3) is 0.188. The Labute approximate surface area is 118 Å². The van der Waals surface area contributed by atoms with E-state index >= 15 is 0 Å². The van der Waals surface area contributed by atoms with Crippen LogP contribution in [0.3, 0.4) is 0 Å². The first-order chi connectivity index (χ1) is 9.81. The molecule has 0 saturated carbocycles. The molecule has 104 valence electrons. The van der Waals surface area contributed by atoms with Crippen molar-refractivity contribution in [3.8, 4) is 0 Å². The number of carbonyl (C=O) groups is 1. The molecule has 2 N–H and O–H groups in total. The molecule has 2 aromatic rings. The molecule has 1 unspecified atom stereocenters. The summed E-state index contributed by atoms with van der Waals surface area (Å²) in [5, 5.41) is 5.94. The van der Waals surface area contributed by atoms with Crippen LogP contribution in [0.25, 0.3) is 0 Å². The highest BCUT2D eigenvalue weighted by Crippen LogP contribution is 2.21. The second-order valence-electron chi connectivity index (χ2n) is 4.35. The van der Waals surface area contributed by atoms with Gasteiger partial charge in [-0.3, -0.25) is 4.79 Å². The minimum Gasteiger partial charge on any atom is -0.467 e. The maximum atomic E-state index is 11.9. The lowest BCUT2D eigenvalue weighted by Gasteiger charge is -2.17. The van der Waals surface area contributed by atoms with Gasteiger partial charge in [0.1, 0.15) is 11.8 Å². The van der Waals surface area contributed by atoms with Crippen LogP contribution in [0.4, 0.5) is 0 Å². The van der Waals surface area contributed by atoms with Crippen molar-refractivity contribution >= 4 is 5.91 Å². The van der Waals surface area contributed by atoms with Crippen molar-refractivity contribution in [2.45, 2.75) is 6.04 Å². The minimum absolute atomic E-state index is 0.0860. The smallest absolute Gasteiger partial charge is 0.234 e. The van der Waals surface area contributed by atoms with E-state index in [1.54, 1.807) is 12.3 Å². The number of rotatable bonds is 7. The summed E-state index contributed by atoms with van der Waals surface area (Å²) in [6.45, 7) is 4.44. The highest BCUT2D eigenvalue weighted by atomic mass is 16.3. The van der Waals surface area contributed by atoms with Gasteiger partial charge in [0.15, 0.2) is 0 Å². The Balaban J connectivity index is 2.08. The third-order valence-corrected chi connectivity index (χ3v) is 2.84. The SMILES string of the molecule is C=CCNCC(=O)NC(c1ccccc1)c1ccco1. The van der Waals surface area contributed by atoms with E-state index < -0.39 is 0 Å². The Morgan fingerprint density at radius 3 is 2.70 bits per heavy atom. The monoisotopic (exact) mass is 270 g/mol. The molecule has 0 fully saturated rings. The molecule has 4 heteroatoms. The lowest BCUT2D eigenvalue weighted by Crippen LogP contribution is -2.36. The normalized spacial score (nSPS) is 11.8. The molecule has 0 aliphatic rings. The fourth-order valence-corrected chi connectivity index (χ4v) is 1.92. The predicted octanol–water partition coefficient (Wildman–Crippen LogP) is 2.26. The van der Waals surface area contributed by atoms with Crippen molar-refractivity contribution in [2.75, 3.05) is 13.1 Å². The van der Waals surface area contributed by atoms with E-state index in [2.05, 4.69) is 17.2 Å². The lowest BCUT2D eigenvalue weighted by atomic mass is 10.0. The van der Waals surface area contributed by atoms with Gasteiger partial charge in [0.25, 0.3) is 0 Å². The summed E-state index contributed by atoms with van der Waals surface area (Å²) in [6, 6.07) is 13.1. The number of benzene rings is 1. The predicted molar refractivity (Wildman–Crippen MR) is 78.2 cm³/mol. The second-order valence-corrected chi connectivity index (χ2v) is 4.35. The fourth-order valence-electron chi connectivity index (χ4n) is 1.92. The summed E-state index contributed by atoms with van der Waals surface area (Å²) in [5.74, 6) is 0.630. The maximum absolute atomic E-state index is 11.9. The molecule has 1 aromatic carbocycles. The molecule has 4 nitrogen and oxygen atoms in total. The van der Waals surface area contributed by atoms with Crippen molar-refractivity contribution in [2.24, 2.45) is 0 Å². The first-order valence-electron chi connectivity index (χ1n) is 6.50. The molecule has 0 radical (unpaired) electrons. The van der Waals surface area contributed by atoms with Crippen LogP contribution in [0.2, 0.25) is 0 Å². The average Bonchev–Trinajstić information content (AvgIpc) is 3.00. The summed E-state index contributed by atoms with van der Waals surface area (Å²) in [6.07, 6.45) is 3.32. The summed E-state index contributed by atoms with van der Waals surface area (Å²) < 4.78 is 5.43. The molecule has 0 saturated heterocycles. The Hall–Kier alpha value is -2.33. The third kappa shape index (κ3) is 3.83. The zero-order valence-electron chi connectivity index (χ0n) is 11.2. The van der Waals surface area contributed by atoms with Crippen LogP contribution in [0.1, 0.15) is 17.4 Å². The molecule has 2 rings (SSSR count). The van der Waals surface area contributed by atoms with Gasteiger partial charge in [-0.15, -0.1) is 6.58 Å². The first-order valence-corrected chi connectivity index (χ1v) is 6.50. The van der Waals surface area contributed by atoms with E-state index in [1.807, 2.05) is 42.5 Å². The third-order valence-electron chi connectivity index (χ3n) is 2.84. The summed E-state index contributed by atoms with van der Waals surface area (Å²) in [5.41, 5.74) is 0.986. The summed E-state index contributed by atoms with van der Waals surface area (Å²) >= 11 is 0. The number of hydrogen-bond acceptors (Lipinski definition) is 3. The molecule has 1 amide bonds. The molecule has 0 aliphatic heterocycles. The quantitative estimate of drug-likeness (QED) is 0.599. The molecule has 1 aromatic heterocycles. The van der Waals surface area contributed by atoms with E-state index in [0.717, 1.165) is 5.56 Å². The molecule has 0 spiro atoms. The average molecular weight is 270 g/mol. The number of nitrogens with one attached hydrogen (secondary N) is 2. The second kappa shape index (κ2) is 7.31. The van der Waals surface area contributed by atoms with E-state index in [4.69, 9.17) is 4.42 Å². The van der Waals surface area contributed by atoms with Crippen molar-refractivity contribution in [1.82, 2.24) is 10.6 Å². The van der Waals surface area contributed by atoms with Crippen LogP contribution < -0.4 is 10.6 Å². The van der Waals surface area contributed by atoms with Gasteiger partial charge in [0, 0.05) is 6.54 Å². The van der Waals surface area contributed by atoms with Crippen LogP contribution in [0.5, 0.6) is 0 Å². The first kappa shape index (κ1) is 14.1. The van der Waals surface area contributed by atoms with Crippen molar-refractivity contribution in [3.05, 3.63) is 72.7 Å². The van der Waals surface area contributed by atoms with Gasteiger partial charge in [0.05, 0.1) is 12.8 Å². The van der Waals surface area contributed by atoms with E-state index in [-0.39, 0.29) is 18.5 Å². The maximum Gasteiger partial charge on any atom is 0.234 e. The van der Waals surface area contributed by atoms with Gasteiger partial charge in [0.2, 0.25) is 5.91 Å². The van der Waals surface area contributed by atoms with Crippen LogP contribution in [-0.2, 0) is 4.79 Å². The summed E-state index contributed by atoms with van der Waals surface area (Å²) in [7, 11) is 0. The van der Waals surface area contributed by atoms with Crippen LogP contribution in [0.15, 0.2) is 65.8 Å². The van der Waals surface area contributed by atoms with Crippen LogP contribution >= 0.6 is 0 Å². The minimum atomic E-state index is -0.274. The lowest BCUT2D eigenvalue weighted by molar-refractivity contribution is -0.120. The summed E-state index contributed by atoms with van der Waals surface area (Å²) in [4.78, 5) is 11.9. The van der Waals surface area contributed by atoms with Gasteiger partial charge in [-0.1, -0.05) is 36.4 Å². The van der Waals surface area contributed by atoms with E-state index in [9.17, 15) is 4.79 Å². The Morgan fingerprint density at radius 2 is 2.05 bits per heavy atom. The molecule has 1 atom stereocenters. The van der Waals surface area contributed by atoms with Crippen LogP contribution in [-0.4, -0.2) is 19.0 Å². The number of carbonyl (C=O) groups excluding carboxylic acids is 1. The molecular formula is C16H18N2O2. The van der Waals surface area contributed by atoms with Crippen molar-refractivity contribution in [1.29, 1.82) is 0 Å². The van der Waals surface area contributed by atoms with Crippen LogP contribution in [0, 0.1) is 0 Å². The van der Waals surface area contributed by atoms with Crippen molar-refractivity contribution in [3.63, 3.8) is 0 Å². The highest BCUT2D eigenvalue weighted by Gasteiger charge is 2.18. The van der Waals surface area contributed by atoms with E-state index in [0.29, 0.717) is 12.3 Å². The standard InChI is InChI=1S/C16H18N2O2/c1-2-10-17-12-15(19)18-16(14-9-6-11-20-14)13-7-4-3-5-8-13/h2-9,11,16-17H,1,10,12H2,(H,18,19).